The highest BCUT2D eigenvalue weighted by Crippen LogP contribution is 2.36. The van der Waals surface area contributed by atoms with Gasteiger partial charge in [-0.3, -0.25) is 4.90 Å². The molecular weight excluding hydrogens is 677 g/mol. The predicted molar refractivity (Wildman–Crippen MR) is 205 cm³/mol. The fourth-order valence-corrected chi connectivity index (χ4v) is 7.00. The highest BCUT2D eigenvalue weighted by Gasteiger charge is 2.46. The number of hydrogen-bond donors (Lipinski definition) is 2. The Morgan fingerprint density at radius 2 is 1.44 bits per heavy atom. The summed E-state index contributed by atoms with van der Waals surface area (Å²) in [6, 6.07) is 20.0. The Labute approximate surface area is 312 Å². The Morgan fingerprint density at radius 3 is 1.98 bits per heavy atom. The molecule has 3 heterocycles. The molecule has 1 atom stereocenters. The van der Waals surface area contributed by atoms with Crippen molar-refractivity contribution < 1.29 is 23.7 Å². The minimum absolute atomic E-state index is 0.333. The number of thiophene rings is 1. The zero-order valence-corrected chi connectivity index (χ0v) is 32.3. The van der Waals surface area contributed by atoms with Crippen molar-refractivity contribution in [3.05, 3.63) is 99.5 Å². The maximum absolute atomic E-state index is 13.8. The number of nitrogens with zero attached hydrogens (tertiary/aromatic N) is 4. The van der Waals surface area contributed by atoms with E-state index in [1.54, 1.807) is 26.6 Å². The number of methoxy groups -OCH3 is 2. The molecule has 1 aliphatic heterocycles. The maximum Gasteiger partial charge on any atom is 0.411 e. The van der Waals surface area contributed by atoms with Gasteiger partial charge in [0.15, 0.2) is 0 Å². The van der Waals surface area contributed by atoms with Gasteiger partial charge < -0.3 is 29.6 Å². The van der Waals surface area contributed by atoms with E-state index >= 15 is 0 Å². The highest BCUT2D eigenvalue weighted by molar-refractivity contribution is 7.12. The lowest BCUT2D eigenvalue weighted by Crippen LogP contribution is -2.54. The van der Waals surface area contributed by atoms with Gasteiger partial charge in [0.25, 0.3) is 0 Å². The van der Waals surface area contributed by atoms with Crippen molar-refractivity contribution in [2.75, 3.05) is 39.2 Å². The molecule has 1 aliphatic rings. The van der Waals surface area contributed by atoms with Crippen LogP contribution in [0.15, 0.2) is 73.1 Å². The lowest BCUT2D eigenvalue weighted by Gasteiger charge is -2.42. The molecule has 2 aromatic carbocycles. The van der Waals surface area contributed by atoms with Crippen molar-refractivity contribution >= 4 is 23.4 Å². The van der Waals surface area contributed by atoms with Gasteiger partial charge in [0, 0.05) is 47.3 Å². The topological polar surface area (TPSA) is 110 Å². The summed E-state index contributed by atoms with van der Waals surface area (Å²) in [5.74, 6) is 0.273. The summed E-state index contributed by atoms with van der Waals surface area (Å²) in [4.78, 5) is 30.3. The van der Waals surface area contributed by atoms with Gasteiger partial charge in [0.2, 0.25) is 5.95 Å². The second-order valence-electron chi connectivity index (χ2n) is 14.1. The number of ether oxygens (including phenoxy) is 4. The summed E-state index contributed by atoms with van der Waals surface area (Å²) < 4.78 is 24.1. The summed E-state index contributed by atoms with van der Waals surface area (Å²) in [6.07, 6.45) is 6.97. The average Bonchev–Trinajstić information content (AvgIpc) is 3.82. The van der Waals surface area contributed by atoms with Crippen molar-refractivity contribution in [3.8, 4) is 11.5 Å². The minimum atomic E-state index is -1.69. The van der Waals surface area contributed by atoms with E-state index in [1.807, 2.05) is 85.5 Å². The van der Waals surface area contributed by atoms with Crippen LogP contribution in [0.1, 0.15) is 79.8 Å². The molecule has 0 spiro atoms. The zero-order chi connectivity index (χ0) is 37.0. The van der Waals surface area contributed by atoms with Crippen molar-refractivity contribution in [1.29, 1.82) is 0 Å². The van der Waals surface area contributed by atoms with Crippen LogP contribution in [0.5, 0.6) is 11.5 Å². The van der Waals surface area contributed by atoms with Crippen LogP contribution in [0.2, 0.25) is 0 Å². The Bertz CT molecular complexity index is 1620. The molecule has 5 rings (SSSR count). The summed E-state index contributed by atoms with van der Waals surface area (Å²) in [7, 11) is 3.29. The van der Waals surface area contributed by atoms with Crippen LogP contribution in [0.25, 0.3) is 0 Å². The van der Waals surface area contributed by atoms with E-state index in [0.29, 0.717) is 37.8 Å². The van der Waals surface area contributed by atoms with Gasteiger partial charge in [-0.25, -0.2) is 19.7 Å². The molecule has 11 nitrogen and oxygen atoms in total. The molecule has 2 N–H and O–H groups in total. The monoisotopic (exact) mass is 730 g/mol. The minimum Gasteiger partial charge on any atom is -0.497 e. The largest absolute Gasteiger partial charge is 0.497 e. The number of alkyl carbamates (subject to hydrolysis) is 1. The number of hydrogen-bond acceptors (Lipinski definition) is 11. The summed E-state index contributed by atoms with van der Waals surface area (Å²) in [5.41, 5.74) is 1.88. The Balaban J connectivity index is 1.49. The van der Waals surface area contributed by atoms with Crippen LogP contribution in [-0.4, -0.2) is 65.3 Å². The third-order valence-electron chi connectivity index (χ3n) is 8.72. The molecule has 12 heteroatoms. The number of carbonyl (C=O) groups excluding carboxylic acids is 1. The van der Waals surface area contributed by atoms with Gasteiger partial charge in [-0.1, -0.05) is 37.6 Å². The molecule has 1 amide bonds. The van der Waals surface area contributed by atoms with Gasteiger partial charge in [-0.15, -0.1) is 11.3 Å². The van der Waals surface area contributed by atoms with Crippen molar-refractivity contribution in [2.24, 2.45) is 0 Å². The fourth-order valence-electron chi connectivity index (χ4n) is 6.00. The standard InChI is InChI=1S/C40H54N6O5S/c1-7-8-23-50-40(51-38(47)44-39(2,3)4,46(27-30-11-15-33(48-5)16-12-30)28-31-13-17-34(49-6)18-14-31)32-24-41-37(42-25-32)43-26-35-19-20-36(52-35)29-45-21-9-10-22-45/h11-20,24-25H,7-10,21-23,26-29H2,1-6H3,(H,44,47)(H,41,42,43). The van der Waals surface area contributed by atoms with Gasteiger partial charge in [0.1, 0.15) is 11.5 Å². The molecule has 1 unspecified atom stereocenters. The van der Waals surface area contributed by atoms with Crippen molar-refractivity contribution in [3.63, 3.8) is 0 Å². The van der Waals surface area contributed by atoms with E-state index in [9.17, 15) is 4.79 Å². The molecule has 280 valence electrons. The highest BCUT2D eigenvalue weighted by atomic mass is 32.1. The van der Waals surface area contributed by atoms with Crippen LogP contribution in [0, 0.1) is 0 Å². The number of unbranched alkanes of at least 4 members (excludes halogenated alkanes) is 1. The SMILES string of the molecule is CCCCOC(OC(=O)NC(C)(C)C)(c1cnc(NCc2ccc(CN3CCCC3)s2)nc1)N(Cc1ccc(OC)cc1)Cc1ccc(OC)cc1. The molecule has 0 bridgehead atoms. The zero-order valence-electron chi connectivity index (χ0n) is 31.4. The Kier molecular flexibility index (Phi) is 13.9. The normalized spacial score (nSPS) is 14.6. The van der Waals surface area contributed by atoms with Crippen LogP contribution < -0.4 is 20.1 Å². The number of rotatable bonds is 18. The molecule has 0 saturated carbocycles. The average molecular weight is 731 g/mol. The lowest BCUT2D eigenvalue weighted by atomic mass is 10.1. The first kappa shape index (κ1) is 39.0. The molecule has 0 aliphatic carbocycles. The number of nitrogens with one attached hydrogen (secondary N) is 2. The number of carbonyl (C=O) groups is 1. The molecule has 2 aromatic heterocycles. The second kappa shape index (κ2) is 18.5. The number of anilines is 1. The Morgan fingerprint density at radius 1 is 0.865 bits per heavy atom. The third kappa shape index (κ3) is 11.1. The molecule has 1 saturated heterocycles. The second-order valence-corrected chi connectivity index (χ2v) is 15.4. The number of benzene rings is 2. The van der Waals surface area contributed by atoms with E-state index in [0.717, 1.165) is 42.0 Å². The van der Waals surface area contributed by atoms with Gasteiger partial charge in [0.05, 0.1) is 32.9 Å². The van der Waals surface area contributed by atoms with E-state index in [2.05, 4.69) is 34.6 Å². The Hall–Kier alpha value is -4.23. The fraction of sp³-hybridized carbons (Fsp3) is 0.475. The molecular formula is C40H54N6O5S. The van der Waals surface area contributed by atoms with Crippen molar-refractivity contribution in [1.82, 2.24) is 25.1 Å². The smallest absolute Gasteiger partial charge is 0.411 e. The van der Waals surface area contributed by atoms with Crippen LogP contribution >= 0.6 is 11.3 Å². The summed E-state index contributed by atoms with van der Waals surface area (Å²) >= 11 is 1.81. The van der Waals surface area contributed by atoms with E-state index in [-0.39, 0.29) is 0 Å². The quantitative estimate of drug-likeness (QED) is 0.0774. The number of aromatic nitrogens is 2. The van der Waals surface area contributed by atoms with Crippen molar-refractivity contribution in [2.45, 2.75) is 91.0 Å². The van der Waals surface area contributed by atoms with E-state index < -0.39 is 17.5 Å². The first-order valence-electron chi connectivity index (χ1n) is 18.1. The van der Waals surface area contributed by atoms with Gasteiger partial charge in [-0.05, 0) is 101 Å². The predicted octanol–water partition coefficient (Wildman–Crippen LogP) is 7.92. The maximum atomic E-state index is 13.8. The van der Waals surface area contributed by atoms with Crippen LogP contribution in [0.3, 0.4) is 0 Å². The summed E-state index contributed by atoms with van der Waals surface area (Å²) in [5, 5.41) is 6.34. The number of likely N-dealkylation sites (tertiary alicyclic amines) is 1. The van der Waals surface area contributed by atoms with Crippen LogP contribution in [0.4, 0.5) is 10.7 Å². The van der Waals surface area contributed by atoms with Gasteiger partial charge in [-0.2, -0.15) is 0 Å². The molecule has 0 radical (unpaired) electrons. The first-order chi connectivity index (χ1) is 25.1. The molecule has 52 heavy (non-hydrogen) atoms. The van der Waals surface area contributed by atoms with Crippen LogP contribution in [-0.2, 0) is 41.6 Å². The third-order valence-corrected chi connectivity index (χ3v) is 9.79. The van der Waals surface area contributed by atoms with E-state index in [4.69, 9.17) is 28.9 Å². The first-order valence-corrected chi connectivity index (χ1v) is 18.9. The molecule has 4 aromatic rings. The van der Waals surface area contributed by atoms with E-state index in [1.165, 1.54) is 35.7 Å². The number of amides is 1. The molecule has 1 fully saturated rings. The summed E-state index contributed by atoms with van der Waals surface area (Å²) in [6.45, 7) is 12.8. The van der Waals surface area contributed by atoms with Gasteiger partial charge >= 0.3 is 12.0 Å². The lowest BCUT2D eigenvalue weighted by molar-refractivity contribution is -0.308.